The number of benzene rings is 2. The predicted octanol–water partition coefficient (Wildman–Crippen LogP) is 5.46. The lowest BCUT2D eigenvalue weighted by atomic mass is 10.1. The summed E-state index contributed by atoms with van der Waals surface area (Å²) >= 11 is 0. The quantitative estimate of drug-likeness (QED) is 0.414. The Balaban J connectivity index is 1.44. The highest BCUT2D eigenvalue weighted by Gasteiger charge is 2.17. The summed E-state index contributed by atoms with van der Waals surface area (Å²) in [5.41, 5.74) is 9.84. The largest absolute Gasteiger partial charge is 0.353 e. The van der Waals surface area contributed by atoms with Gasteiger partial charge in [0.2, 0.25) is 0 Å². The zero-order chi connectivity index (χ0) is 21.8. The Bertz CT molecular complexity index is 1520. The fraction of sp³-hybridized carbons (Fsp3) is 0.115. The molecule has 0 radical (unpaired) electrons. The third-order valence-electron chi connectivity index (χ3n) is 6.14. The molecule has 32 heavy (non-hydrogen) atoms. The van der Waals surface area contributed by atoms with Gasteiger partial charge in [-0.25, -0.2) is 9.97 Å². The molecule has 6 rings (SSSR count). The summed E-state index contributed by atoms with van der Waals surface area (Å²) in [6.07, 6.45) is 9.56. The Morgan fingerprint density at radius 2 is 1.72 bits per heavy atom. The van der Waals surface area contributed by atoms with Gasteiger partial charge in [0, 0.05) is 36.1 Å². The highest BCUT2D eigenvalue weighted by molar-refractivity contribution is 5.91. The van der Waals surface area contributed by atoms with Crippen LogP contribution in [0.2, 0.25) is 0 Å². The Labute approximate surface area is 185 Å². The van der Waals surface area contributed by atoms with Crippen LogP contribution >= 0.6 is 0 Å². The molecular weight excluding hydrogens is 396 g/mol. The summed E-state index contributed by atoms with van der Waals surface area (Å²) in [4.78, 5) is 13.4. The molecule has 6 nitrogen and oxygen atoms in total. The molecular formula is C26H22N6. The Morgan fingerprint density at radius 1 is 0.906 bits per heavy atom. The van der Waals surface area contributed by atoms with Gasteiger partial charge in [0.15, 0.2) is 0 Å². The molecule has 1 aliphatic heterocycles. The van der Waals surface area contributed by atoms with Crippen LogP contribution in [0.15, 0.2) is 67.3 Å². The lowest BCUT2D eigenvalue weighted by Crippen LogP contribution is -2.02. The first kappa shape index (κ1) is 18.6. The topological polar surface area (TPSA) is 60.6 Å². The van der Waals surface area contributed by atoms with Crippen molar-refractivity contribution in [2.75, 3.05) is 5.32 Å². The third-order valence-corrected chi connectivity index (χ3v) is 6.14. The van der Waals surface area contributed by atoms with E-state index in [-0.39, 0.29) is 0 Å². The second kappa shape index (κ2) is 6.92. The van der Waals surface area contributed by atoms with E-state index < -0.39 is 0 Å². The van der Waals surface area contributed by atoms with Gasteiger partial charge in [-0.15, -0.1) is 0 Å². The number of anilines is 1. The van der Waals surface area contributed by atoms with Crippen LogP contribution in [-0.4, -0.2) is 24.1 Å². The summed E-state index contributed by atoms with van der Waals surface area (Å²) in [5, 5.41) is 3.64. The van der Waals surface area contributed by atoms with Gasteiger partial charge in [0.25, 0.3) is 0 Å². The molecule has 6 heteroatoms. The van der Waals surface area contributed by atoms with Crippen molar-refractivity contribution in [1.82, 2.24) is 24.1 Å². The molecule has 0 saturated heterocycles. The smallest absolute Gasteiger partial charge is 0.139 e. The van der Waals surface area contributed by atoms with Crippen LogP contribution in [-0.2, 0) is 0 Å². The zero-order valence-electron chi connectivity index (χ0n) is 18.2. The number of nitrogens with one attached hydrogen (secondary N) is 1. The van der Waals surface area contributed by atoms with Crippen molar-refractivity contribution in [2.45, 2.75) is 20.8 Å². The number of hydrogen-bond donors (Lipinski definition) is 1. The second-order valence-electron chi connectivity index (χ2n) is 8.20. The van der Waals surface area contributed by atoms with Crippen LogP contribution in [0.5, 0.6) is 0 Å². The number of nitrogens with zero attached hydrogens (tertiary/aromatic N) is 5. The minimum atomic E-state index is 0.899. The molecule has 0 unspecified atom stereocenters. The maximum atomic E-state index is 4.64. The maximum Gasteiger partial charge on any atom is 0.139 e. The molecule has 0 saturated carbocycles. The van der Waals surface area contributed by atoms with Gasteiger partial charge in [-0.3, -0.25) is 14.1 Å². The van der Waals surface area contributed by atoms with Crippen LogP contribution in [0.4, 0.5) is 5.69 Å². The van der Waals surface area contributed by atoms with Crippen molar-refractivity contribution in [2.24, 2.45) is 0 Å². The number of fused-ring (bicyclic) bond motifs is 4. The minimum Gasteiger partial charge on any atom is -0.353 e. The number of pyridine rings is 1. The molecule has 2 aromatic carbocycles. The van der Waals surface area contributed by atoms with Gasteiger partial charge in [-0.05, 0) is 67.8 Å². The average Bonchev–Trinajstić information content (AvgIpc) is 3.35. The molecule has 1 aliphatic rings. The molecule has 0 atom stereocenters. The van der Waals surface area contributed by atoms with Crippen molar-refractivity contribution >= 4 is 28.5 Å². The number of aryl methyl sites for hydroxylation is 3. The summed E-state index contributed by atoms with van der Waals surface area (Å²) in [5.74, 6) is 1.84. The van der Waals surface area contributed by atoms with Crippen molar-refractivity contribution in [3.8, 4) is 11.4 Å². The van der Waals surface area contributed by atoms with E-state index in [9.17, 15) is 0 Å². The fourth-order valence-corrected chi connectivity index (χ4v) is 4.36. The van der Waals surface area contributed by atoms with Gasteiger partial charge < -0.3 is 5.32 Å². The lowest BCUT2D eigenvalue weighted by molar-refractivity contribution is 1.00. The molecule has 0 spiro atoms. The Kier molecular flexibility index (Phi) is 4.01. The Hall–Kier alpha value is -4.19. The maximum absolute atomic E-state index is 4.64. The second-order valence-corrected chi connectivity index (χ2v) is 8.20. The first-order chi connectivity index (χ1) is 15.6. The van der Waals surface area contributed by atoms with Crippen molar-refractivity contribution in [3.05, 3.63) is 95.6 Å². The van der Waals surface area contributed by atoms with Crippen LogP contribution < -0.4 is 5.32 Å². The van der Waals surface area contributed by atoms with E-state index in [1.54, 1.807) is 12.4 Å². The lowest BCUT2D eigenvalue weighted by Gasteiger charge is -2.15. The average molecular weight is 419 g/mol. The van der Waals surface area contributed by atoms with Crippen molar-refractivity contribution in [3.63, 3.8) is 0 Å². The third kappa shape index (κ3) is 2.84. The van der Waals surface area contributed by atoms with Crippen LogP contribution in [0.1, 0.15) is 28.3 Å². The summed E-state index contributed by atoms with van der Waals surface area (Å²) in [6.45, 7) is 6.30. The van der Waals surface area contributed by atoms with Gasteiger partial charge in [0.1, 0.15) is 17.2 Å². The van der Waals surface area contributed by atoms with E-state index >= 15 is 0 Å². The van der Waals surface area contributed by atoms with Crippen molar-refractivity contribution < 1.29 is 0 Å². The molecule has 4 heterocycles. The highest BCUT2D eigenvalue weighted by atomic mass is 15.1. The van der Waals surface area contributed by atoms with Crippen LogP contribution in [0.3, 0.4) is 0 Å². The van der Waals surface area contributed by atoms with Crippen LogP contribution in [0, 0.1) is 20.8 Å². The monoisotopic (exact) mass is 418 g/mol. The summed E-state index contributed by atoms with van der Waals surface area (Å²) < 4.78 is 4.29. The predicted molar refractivity (Wildman–Crippen MR) is 128 cm³/mol. The van der Waals surface area contributed by atoms with E-state index in [0.717, 1.165) is 51.0 Å². The van der Waals surface area contributed by atoms with E-state index in [1.165, 1.54) is 11.1 Å². The number of imidazole rings is 2. The SMILES string of the molecule is Cc1cc2c(cc1C)-n1ccnc1C=C(c1ccc(-n3c(C)nc4cnccc43)cc1)N2. The van der Waals surface area contributed by atoms with E-state index in [1.807, 2.05) is 25.4 Å². The van der Waals surface area contributed by atoms with E-state index in [2.05, 4.69) is 85.7 Å². The number of hydrogen-bond acceptors (Lipinski definition) is 4. The number of rotatable bonds is 2. The van der Waals surface area contributed by atoms with Gasteiger partial charge in [-0.2, -0.15) is 0 Å². The normalized spacial score (nSPS) is 12.7. The minimum absolute atomic E-state index is 0.899. The van der Waals surface area contributed by atoms with Gasteiger partial charge >= 0.3 is 0 Å². The molecule has 0 fully saturated rings. The fourth-order valence-electron chi connectivity index (χ4n) is 4.36. The van der Waals surface area contributed by atoms with E-state index in [4.69, 9.17) is 0 Å². The molecule has 0 aliphatic carbocycles. The van der Waals surface area contributed by atoms with Gasteiger partial charge in [0.05, 0.1) is 23.1 Å². The molecule has 156 valence electrons. The van der Waals surface area contributed by atoms with E-state index in [0.29, 0.717) is 0 Å². The molecule has 0 bridgehead atoms. The first-order valence-corrected chi connectivity index (χ1v) is 10.6. The first-order valence-electron chi connectivity index (χ1n) is 10.6. The summed E-state index contributed by atoms with van der Waals surface area (Å²) in [6, 6.07) is 15.0. The molecule has 1 N–H and O–H groups in total. The molecule has 5 aromatic rings. The highest BCUT2D eigenvalue weighted by Crippen LogP contribution is 2.33. The van der Waals surface area contributed by atoms with Crippen molar-refractivity contribution in [1.29, 1.82) is 0 Å². The zero-order valence-corrected chi connectivity index (χ0v) is 18.2. The van der Waals surface area contributed by atoms with Gasteiger partial charge in [-0.1, -0.05) is 12.1 Å². The molecule has 3 aromatic heterocycles. The van der Waals surface area contributed by atoms with Crippen LogP contribution in [0.25, 0.3) is 34.2 Å². The summed E-state index contributed by atoms with van der Waals surface area (Å²) in [7, 11) is 0. The standard InChI is InChI=1S/C26H22N6/c1-16-12-22-25(13-17(16)2)31-11-10-28-26(31)14-21(30-22)19-4-6-20(7-5-19)32-18(3)29-23-15-27-9-8-24(23)32/h4-15,30H,1-3H3. The molecule has 0 amide bonds. The Morgan fingerprint density at radius 3 is 2.56 bits per heavy atom. The number of aromatic nitrogens is 5.